The number of fused-ring (bicyclic) bond motifs is 1. The number of benzene rings is 1. The highest BCUT2D eigenvalue weighted by atomic mass is 32.1. The predicted molar refractivity (Wildman–Crippen MR) is 89.7 cm³/mol. The van der Waals surface area contributed by atoms with Crippen LogP contribution in [0.3, 0.4) is 0 Å². The number of nitrogens with one attached hydrogen (secondary N) is 1. The van der Waals surface area contributed by atoms with Gasteiger partial charge in [-0.25, -0.2) is 0 Å². The van der Waals surface area contributed by atoms with Crippen LogP contribution in [0.25, 0.3) is 0 Å². The van der Waals surface area contributed by atoms with Crippen molar-refractivity contribution in [3.05, 3.63) is 52.0 Å². The Morgan fingerprint density at radius 1 is 1.33 bits per heavy atom. The van der Waals surface area contributed by atoms with Crippen molar-refractivity contribution in [1.82, 2.24) is 10.3 Å². The summed E-state index contributed by atoms with van der Waals surface area (Å²) in [7, 11) is 0. The van der Waals surface area contributed by atoms with Crippen LogP contribution in [0.5, 0.6) is 0 Å². The van der Waals surface area contributed by atoms with Gasteiger partial charge in [0.1, 0.15) is 0 Å². The third kappa shape index (κ3) is 3.53. The van der Waals surface area contributed by atoms with Crippen LogP contribution in [0.2, 0.25) is 0 Å². The molecule has 0 amide bonds. The van der Waals surface area contributed by atoms with Crippen molar-refractivity contribution in [2.45, 2.75) is 45.1 Å². The lowest BCUT2D eigenvalue weighted by atomic mass is 9.87. The Labute approximate surface area is 131 Å². The molecule has 2 atom stereocenters. The topological polar surface area (TPSA) is 24.9 Å². The smallest absolute Gasteiger partial charge is 0.0794 e. The fourth-order valence-corrected chi connectivity index (χ4v) is 4.13. The highest BCUT2D eigenvalue weighted by Gasteiger charge is 2.27. The zero-order valence-electron chi connectivity index (χ0n) is 12.7. The van der Waals surface area contributed by atoms with Gasteiger partial charge in [0.2, 0.25) is 0 Å². The van der Waals surface area contributed by atoms with Crippen molar-refractivity contribution in [3.8, 4) is 0 Å². The van der Waals surface area contributed by atoms with E-state index in [0.29, 0.717) is 12.0 Å². The van der Waals surface area contributed by atoms with E-state index in [9.17, 15) is 0 Å². The van der Waals surface area contributed by atoms with Gasteiger partial charge in [0.05, 0.1) is 5.51 Å². The van der Waals surface area contributed by atoms with Gasteiger partial charge in [-0.2, -0.15) is 0 Å². The molecule has 2 aromatic rings. The molecule has 0 fully saturated rings. The van der Waals surface area contributed by atoms with E-state index in [1.807, 2.05) is 11.7 Å². The van der Waals surface area contributed by atoms with Crippen molar-refractivity contribution in [2.24, 2.45) is 5.92 Å². The second-order valence-corrected chi connectivity index (χ2v) is 6.93. The molecule has 0 saturated carbocycles. The summed E-state index contributed by atoms with van der Waals surface area (Å²) in [5, 5.41) is 3.81. The standard InChI is InChI=1S/C18H24N2S/c1-2-10-20-18-15(11-16-12-19-13-21-16)8-5-7-14-6-3-4-9-17(14)18/h3-4,6,9,12-13,15,18,20H,2,5,7-8,10-11H2,1H3. The van der Waals surface area contributed by atoms with E-state index in [-0.39, 0.29) is 0 Å². The van der Waals surface area contributed by atoms with Gasteiger partial charge >= 0.3 is 0 Å². The van der Waals surface area contributed by atoms with Gasteiger partial charge in [-0.15, -0.1) is 11.3 Å². The SMILES string of the molecule is CCCNC1c2ccccc2CCCC1Cc1cncs1. The number of hydrogen-bond donors (Lipinski definition) is 1. The highest BCUT2D eigenvalue weighted by Crippen LogP contribution is 2.35. The Morgan fingerprint density at radius 3 is 3.05 bits per heavy atom. The molecule has 1 aromatic carbocycles. The van der Waals surface area contributed by atoms with Gasteiger partial charge in [0.25, 0.3) is 0 Å². The molecule has 0 radical (unpaired) electrons. The summed E-state index contributed by atoms with van der Waals surface area (Å²) in [6, 6.07) is 9.50. The maximum Gasteiger partial charge on any atom is 0.0794 e. The molecule has 112 valence electrons. The van der Waals surface area contributed by atoms with Crippen molar-refractivity contribution >= 4 is 11.3 Å². The number of rotatable bonds is 5. The van der Waals surface area contributed by atoms with Gasteiger partial charge in [-0.1, -0.05) is 31.2 Å². The minimum Gasteiger partial charge on any atom is -0.310 e. The normalized spacial score (nSPS) is 21.8. The van der Waals surface area contributed by atoms with Crippen molar-refractivity contribution in [3.63, 3.8) is 0 Å². The van der Waals surface area contributed by atoms with Gasteiger partial charge in [0, 0.05) is 17.1 Å². The minimum atomic E-state index is 0.491. The van der Waals surface area contributed by atoms with Crippen LogP contribution in [0.15, 0.2) is 36.0 Å². The van der Waals surface area contributed by atoms with E-state index < -0.39 is 0 Å². The fraction of sp³-hybridized carbons (Fsp3) is 0.500. The molecule has 1 heterocycles. The molecule has 0 bridgehead atoms. The average molecular weight is 300 g/mol. The lowest BCUT2D eigenvalue weighted by Gasteiger charge is -2.27. The number of nitrogens with zero attached hydrogens (tertiary/aromatic N) is 1. The zero-order chi connectivity index (χ0) is 14.5. The number of aromatic nitrogens is 1. The van der Waals surface area contributed by atoms with Gasteiger partial charge in [0.15, 0.2) is 0 Å². The Bertz CT molecular complexity index is 550. The van der Waals surface area contributed by atoms with Crippen LogP contribution in [0, 0.1) is 5.92 Å². The Kier molecular flexibility index (Phi) is 5.04. The van der Waals surface area contributed by atoms with Gasteiger partial charge in [-0.3, -0.25) is 4.98 Å². The molecule has 0 spiro atoms. The highest BCUT2D eigenvalue weighted by molar-refractivity contribution is 7.09. The summed E-state index contributed by atoms with van der Waals surface area (Å²) in [6.45, 7) is 3.34. The number of aryl methyl sites for hydroxylation is 1. The lowest BCUT2D eigenvalue weighted by molar-refractivity contribution is 0.343. The molecule has 1 aliphatic carbocycles. The monoisotopic (exact) mass is 300 g/mol. The van der Waals surface area contributed by atoms with Crippen LogP contribution in [-0.4, -0.2) is 11.5 Å². The summed E-state index contributed by atoms with van der Waals surface area (Å²) in [6.07, 6.45) is 8.20. The first-order valence-electron chi connectivity index (χ1n) is 8.07. The van der Waals surface area contributed by atoms with Gasteiger partial charge in [-0.05, 0) is 55.7 Å². The van der Waals surface area contributed by atoms with E-state index in [0.717, 1.165) is 13.0 Å². The van der Waals surface area contributed by atoms with Crippen molar-refractivity contribution in [1.29, 1.82) is 0 Å². The molecule has 0 aliphatic heterocycles. The molecular formula is C18H24N2S. The van der Waals surface area contributed by atoms with E-state index >= 15 is 0 Å². The third-order valence-electron chi connectivity index (χ3n) is 4.44. The maximum absolute atomic E-state index is 4.24. The third-order valence-corrected chi connectivity index (χ3v) is 5.25. The van der Waals surface area contributed by atoms with Gasteiger partial charge < -0.3 is 5.32 Å². The molecule has 2 unspecified atom stereocenters. The summed E-state index contributed by atoms with van der Waals surface area (Å²) in [4.78, 5) is 5.66. The molecule has 21 heavy (non-hydrogen) atoms. The largest absolute Gasteiger partial charge is 0.310 e. The lowest BCUT2D eigenvalue weighted by Crippen LogP contribution is -2.30. The van der Waals surface area contributed by atoms with Crippen molar-refractivity contribution < 1.29 is 0 Å². The molecule has 1 aromatic heterocycles. The van der Waals surface area contributed by atoms with Crippen LogP contribution < -0.4 is 5.32 Å². The van der Waals surface area contributed by atoms with E-state index in [2.05, 4.69) is 41.5 Å². The minimum absolute atomic E-state index is 0.491. The second-order valence-electron chi connectivity index (χ2n) is 5.95. The first kappa shape index (κ1) is 14.7. The number of thiazole rings is 1. The first-order valence-corrected chi connectivity index (χ1v) is 8.95. The molecule has 2 nitrogen and oxygen atoms in total. The fourth-order valence-electron chi connectivity index (χ4n) is 3.44. The first-order chi connectivity index (χ1) is 10.4. The quantitative estimate of drug-likeness (QED) is 0.829. The average Bonchev–Trinajstić information content (AvgIpc) is 2.95. The Morgan fingerprint density at radius 2 is 2.24 bits per heavy atom. The zero-order valence-corrected chi connectivity index (χ0v) is 13.5. The molecule has 0 saturated heterocycles. The maximum atomic E-state index is 4.24. The molecular weight excluding hydrogens is 276 g/mol. The molecule has 1 N–H and O–H groups in total. The summed E-state index contributed by atoms with van der Waals surface area (Å²) >= 11 is 1.79. The summed E-state index contributed by atoms with van der Waals surface area (Å²) < 4.78 is 0. The van der Waals surface area contributed by atoms with Crippen LogP contribution in [0.4, 0.5) is 0 Å². The van der Waals surface area contributed by atoms with Crippen molar-refractivity contribution in [2.75, 3.05) is 6.54 Å². The summed E-state index contributed by atoms with van der Waals surface area (Å²) in [5.41, 5.74) is 5.02. The number of hydrogen-bond acceptors (Lipinski definition) is 3. The van der Waals surface area contributed by atoms with Crippen LogP contribution in [-0.2, 0) is 12.8 Å². The molecule has 1 aliphatic rings. The Balaban J connectivity index is 1.86. The van der Waals surface area contributed by atoms with Crippen LogP contribution in [0.1, 0.15) is 48.2 Å². The van der Waals surface area contributed by atoms with Crippen LogP contribution >= 0.6 is 11.3 Å². The van der Waals surface area contributed by atoms with E-state index in [1.165, 1.54) is 41.7 Å². The second kappa shape index (κ2) is 7.19. The molecule has 3 heteroatoms. The predicted octanol–water partition coefficient (Wildman–Crippen LogP) is 4.38. The van der Waals surface area contributed by atoms with E-state index in [4.69, 9.17) is 0 Å². The Hall–Kier alpha value is -1.19. The van der Waals surface area contributed by atoms with E-state index in [1.54, 1.807) is 11.3 Å². The summed E-state index contributed by atoms with van der Waals surface area (Å²) in [5.74, 6) is 0.681. The molecule has 3 rings (SSSR count).